The molecule has 1 aliphatic rings. The summed E-state index contributed by atoms with van der Waals surface area (Å²) in [5, 5.41) is 0.839. The molecule has 40 heavy (non-hydrogen) atoms. The van der Waals surface area contributed by atoms with Crippen LogP contribution in [0.25, 0.3) is 0 Å². The molecule has 0 spiro atoms. The highest BCUT2D eigenvalue weighted by molar-refractivity contribution is 9.09. The molecule has 0 N–H and O–H groups in total. The van der Waals surface area contributed by atoms with Crippen molar-refractivity contribution in [1.29, 1.82) is 0 Å². The summed E-state index contributed by atoms with van der Waals surface area (Å²) in [5.41, 5.74) is 1.51. The van der Waals surface area contributed by atoms with Gasteiger partial charge in [0.1, 0.15) is 16.4 Å². The first-order valence-corrected chi connectivity index (χ1v) is 16.1. The maximum absolute atomic E-state index is 13.4. The van der Waals surface area contributed by atoms with Crippen molar-refractivity contribution in [2.75, 3.05) is 45.6 Å². The summed E-state index contributed by atoms with van der Waals surface area (Å²) in [6.45, 7) is 3.89. The molecule has 2 unspecified atom stereocenters. The smallest absolute Gasteiger partial charge is 0.203 e. The van der Waals surface area contributed by atoms with Gasteiger partial charge in [-0.1, -0.05) is 22.9 Å². The Morgan fingerprint density at radius 2 is 1.48 bits per heavy atom. The number of halogens is 1. The van der Waals surface area contributed by atoms with E-state index in [9.17, 15) is 13.2 Å². The van der Waals surface area contributed by atoms with Gasteiger partial charge in [0.2, 0.25) is 5.75 Å². The number of carbonyl (C=O) groups is 1. The number of ether oxygens (including phenoxy) is 6. The van der Waals surface area contributed by atoms with E-state index in [1.807, 2.05) is 19.1 Å². The number of benzene rings is 2. The SMILES string of the molecule is CCCOc1c(OCCCCBr)cc(C2CCC(c3cc(OC)c(OC)c(OC)c3)O2)cc1S(=O)(=O)CC(C)=O. The normalized spacial score (nSPS) is 16.9. The molecular formula is C29H39BrO9S. The van der Waals surface area contributed by atoms with E-state index in [1.54, 1.807) is 33.5 Å². The highest BCUT2D eigenvalue weighted by atomic mass is 79.9. The third-order valence-corrected chi connectivity index (χ3v) is 8.78. The van der Waals surface area contributed by atoms with Crippen LogP contribution < -0.4 is 23.7 Å². The molecule has 11 heteroatoms. The predicted molar refractivity (Wildman–Crippen MR) is 155 cm³/mol. The number of unbranched alkanes of at least 4 members (excludes halogenated alkanes) is 1. The molecule has 222 valence electrons. The van der Waals surface area contributed by atoms with Gasteiger partial charge in [-0.25, -0.2) is 8.42 Å². The highest BCUT2D eigenvalue weighted by Gasteiger charge is 2.33. The van der Waals surface area contributed by atoms with Crippen molar-refractivity contribution in [1.82, 2.24) is 0 Å². The van der Waals surface area contributed by atoms with Crippen molar-refractivity contribution >= 4 is 31.6 Å². The summed E-state index contributed by atoms with van der Waals surface area (Å²) >= 11 is 3.42. The molecule has 0 aromatic heterocycles. The summed E-state index contributed by atoms with van der Waals surface area (Å²) in [6, 6.07) is 7.08. The van der Waals surface area contributed by atoms with E-state index < -0.39 is 27.5 Å². The van der Waals surface area contributed by atoms with Gasteiger partial charge in [0.25, 0.3) is 0 Å². The van der Waals surface area contributed by atoms with Crippen LogP contribution in [-0.2, 0) is 19.4 Å². The van der Waals surface area contributed by atoms with Gasteiger partial charge in [0.05, 0.1) is 46.8 Å². The minimum atomic E-state index is -3.99. The number of rotatable bonds is 16. The van der Waals surface area contributed by atoms with Crippen LogP contribution in [0.5, 0.6) is 28.7 Å². The molecule has 0 amide bonds. The topological polar surface area (TPSA) is 107 Å². The second-order valence-corrected chi connectivity index (χ2v) is 12.3. The average Bonchev–Trinajstić information content (AvgIpc) is 3.43. The van der Waals surface area contributed by atoms with Crippen LogP contribution in [-0.4, -0.2) is 59.8 Å². The molecule has 0 bridgehead atoms. The zero-order valence-corrected chi connectivity index (χ0v) is 26.2. The molecule has 0 saturated carbocycles. The van der Waals surface area contributed by atoms with Gasteiger partial charge >= 0.3 is 0 Å². The fourth-order valence-electron chi connectivity index (χ4n) is 4.61. The lowest BCUT2D eigenvalue weighted by Crippen LogP contribution is -2.16. The third kappa shape index (κ3) is 7.82. The van der Waals surface area contributed by atoms with Crippen molar-refractivity contribution in [3.8, 4) is 28.7 Å². The van der Waals surface area contributed by atoms with Crippen LogP contribution in [0.3, 0.4) is 0 Å². The van der Waals surface area contributed by atoms with Crippen LogP contribution in [0, 0.1) is 0 Å². The van der Waals surface area contributed by atoms with Crippen LogP contribution in [0.4, 0.5) is 0 Å². The van der Waals surface area contributed by atoms with Gasteiger partial charge < -0.3 is 28.4 Å². The summed E-state index contributed by atoms with van der Waals surface area (Å²) in [6.07, 6.45) is 3.01. The molecular weight excluding hydrogens is 604 g/mol. The Balaban J connectivity index is 2.02. The van der Waals surface area contributed by atoms with Crippen LogP contribution in [0.2, 0.25) is 0 Å². The highest BCUT2D eigenvalue weighted by Crippen LogP contribution is 2.48. The summed E-state index contributed by atoms with van der Waals surface area (Å²) in [7, 11) is 0.682. The number of hydrogen-bond donors (Lipinski definition) is 0. The Labute approximate surface area is 245 Å². The number of methoxy groups -OCH3 is 3. The van der Waals surface area contributed by atoms with Gasteiger partial charge in [-0.05, 0) is 74.4 Å². The second-order valence-electron chi connectivity index (χ2n) is 9.55. The van der Waals surface area contributed by atoms with Crippen LogP contribution in [0.15, 0.2) is 29.2 Å². The molecule has 0 radical (unpaired) electrons. The summed E-state index contributed by atoms with van der Waals surface area (Å²) < 4.78 is 61.6. The van der Waals surface area contributed by atoms with Crippen molar-refractivity contribution in [2.24, 2.45) is 0 Å². The Morgan fingerprint density at radius 1 is 0.875 bits per heavy atom. The minimum absolute atomic E-state index is 0.0519. The predicted octanol–water partition coefficient (Wildman–Crippen LogP) is 6.01. The van der Waals surface area contributed by atoms with Crippen molar-refractivity contribution in [2.45, 2.75) is 63.1 Å². The second kappa shape index (κ2) is 14.9. The molecule has 2 atom stereocenters. The van der Waals surface area contributed by atoms with E-state index in [-0.39, 0.29) is 16.7 Å². The summed E-state index contributed by atoms with van der Waals surface area (Å²) in [5.74, 6) is 0.949. The van der Waals surface area contributed by atoms with Gasteiger partial charge in [0, 0.05) is 5.33 Å². The zero-order chi connectivity index (χ0) is 29.3. The van der Waals surface area contributed by atoms with Crippen LogP contribution >= 0.6 is 15.9 Å². The largest absolute Gasteiger partial charge is 0.493 e. The fraction of sp³-hybridized carbons (Fsp3) is 0.552. The lowest BCUT2D eigenvalue weighted by atomic mass is 10.0. The summed E-state index contributed by atoms with van der Waals surface area (Å²) in [4.78, 5) is 11.8. The van der Waals surface area contributed by atoms with E-state index in [0.717, 1.165) is 23.7 Å². The van der Waals surface area contributed by atoms with E-state index in [4.69, 9.17) is 28.4 Å². The molecule has 0 aliphatic carbocycles. The first kappa shape index (κ1) is 32.0. The van der Waals surface area contributed by atoms with E-state index >= 15 is 0 Å². The van der Waals surface area contributed by atoms with Gasteiger partial charge in [-0.15, -0.1) is 0 Å². The van der Waals surface area contributed by atoms with Crippen molar-refractivity contribution < 1.29 is 41.6 Å². The van der Waals surface area contributed by atoms with Crippen molar-refractivity contribution in [3.63, 3.8) is 0 Å². The number of Topliss-reactive ketones (excluding diaryl/α,β-unsaturated/α-hetero) is 1. The lowest BCUT2D eigenvalue weighted by molar-refractivity contribution is -0.114. The Morgan fingerprint density at radius 3 is 2.00 bits per heavy atom. The molecule has 1 aliphatic heterocycles. The third-order valence-electron chi connectivity index (χ3n) is 6.46. The maximum atomic E-state index is 13.4. The zero-order valence-electron chi connectivity index (χ0n) is 23.8. The quantitative estimate of drug-likeness (QED) is 0.161. The van der Waals surface area contributed by atoms with E-state index in [0.29, 0.717) is 61.0 Å². The first-order chi connectivity index (χ1) is 19.2. The molecule has 3 rings (SSSR count). The minimum Gasteiger partial charge on any atom is -0.493 e. The van der Waals surface area contributed by atoms with Gasteiger partial charge in [-0.3, -0.25) is 4.79 Å². The van der Waals surface area contributed by atoms with E-state index in [1.165, 1.54) is 6.92 Å². The maximum Gasteiger partial charge on any atom is 0.203 e. The number of sulfone groups is 1. The average molecular weight is 644 g/mol. The van der Waals surface area contributed by atoms with Crippen molar-refractivity contribution in [3.05, 3.63) is 35.4 Å². The first-order valence-electron chi connectivity index (χ1n) is 13.4. The lowest BCUT2D eigenvalue weighted by Gasteiger charge is -2.21. The number of alkyl halides is 1. The molecule has 1 saturated heterocycles. The Kier molecular flexibility index (Phi) is 12.0. The molecule has 1 heterocycles. The molecule has 2 aromatic rings. The molecule has 9 nitrogen and oxygen atoms in total. The number of carbonyl (C=O) groups excluding carboxylic acids is 1. The van der Waals surface area contributed by atoms with Gasteiger partial charge in [0.15, 0.2) is 32.8 Å². The van der Waals surface area contributed by atoms with Gasteiger partial charge in [-0.2, -0.15) is 0 Å². The number of hydrogen-bond acceptors (Lipinski definition) is 9. The van der Waals surface area contributed by atoms with Crippen LogP contribution in [0.1, 0.15) is 69.3 Å². The number of ketones is 1. The molecule has 1 fully saturated rings. The Hall–Kier alpha value is -2.50. The molecule has 2 aromatic carbocycles. The fourth-order valence-corrected chi connectivity index (χ4v) is 6.45. The standard InChI is InChI=1S/C29H39BrO9S/c1-6-12-38-29-26(37-13-8-7-11-30)16-21(17-27(29)40(32,33)18-19(2)31)23-10-9-22(39-23)20-14-24(34-3)28(36-5)25(15-20)35-4/h14-17,22-23H,6-13,18H2,1-5H3. The monoisotopic (exact) mass is 642 g/mol. The van der Waals surface area contributed by atoms with E-state index in [2.05, 4.69) is 15.9 Å². The Bertz CT molecular complexity index is 1240.